The molecule has 0 spiro atoms. The molecule has 0 aliphatic carbocycles. The van der Waals surface area contributed by atoms with Crippen LogP contribution >= 0.6 is 0 Å². The Morgan fingerprint density at radius 2 is 2.00 bits per heavy atom. The van der Waals surface area contributed by atoms with E-state index in [-0.39, 0.29) is 5.56 Å². The van der Waals surface area contributed by atoms with E-state index in [2.05, 4.69) is 5.32 Å². The minimum Gasteiger partial charge on any atom is -0.507 e. The number of hydrogen-bond donors (Lipinski definition) is 2. The van der Waals surface area contributed by atoms with Crippen LogP contribution in [0.5, 0.6) is 11.5 Å². The highest BCUT2D eigenvalue weighted by atomic mass is 19.1. The van der Waals surface area contributed by atoms with Crippen LogP contribution in [0.25, 0.3) is 0 Å². The average Bonchev–Trinajstić information content (AvgIpc) is 2.40. The first kappa shape index (κ1) is 13.9. The van der Waals surface area contributed by atoms with E-state index in [4.69, 9.17) is 4.74 Å². The lowest BCUT2D eigenvalue weighted by molar-refractivity contribution is 0.102. The molecule has 0 radical (unpaired) electrons. The third-order valence-corrected chi connectivity index (χ3v) is 2.89. The van der Waals surface area contributed by atoms with Gasteiger partial charge in [0.1, 0.15) is 17.3 Å². The number of phenolic OH excluding ortho intramolecular Hbond substituents is 1. The van der Waals surface area contributed by atoms with Crippen LogP contribution in [0.4, 0.5) is 10.1 Å². The monoisotopic (exact) mass is 275 g/mol. The van der Waals surface area contributed by atoms with Crippen LogP contribution in [0.15, 0.2) is 36.4 Å². The zero-order valence-electron chi connectivity index (χ0n) is 11.1. The highest BCUT2D eigenvalue weighted by Gasteiger charge is 2.13. The van der Waals surface area contributed by atoms with Crippen LogP contribution in [0.3, 0.4) is 0 Å². The number of halogens is 1. The van der Waals surface area contributed by atoms with Gasteiger partial charge in [-0.05, 0) is 42.8 Å². The molecule has 0 bridgehead atoms. The maximum Gasteiger partial charge on any atom is 0.259 e. The second-order valence-electron chi connectivity index (χ2n) is 4.30. The zero-order chi connectivity index (χ0) is 14.7. The molecule has 4 nitrogen and oxygen atoms in total. The third kappa shape index (κ3) is 2.88. The van der Waals surface area contributed by atoms with Crippen LogP contribution in [-0.2, 0) is 0 Å². The average molecular weight is 275 g/mol. The molecule has 0 saturated heterocycles. The Morgan fingerprint density at radius 3 is 2.60 bits per heavy atom. The molecular weight excluding hydrogens is 261 g/mol. The molecule has 0 fully saturated rings. The highest BCUT2D eigenvalue weighted by Crippen LogP contribution is 2.23. The van der Waals surface area contributed by atoms with Gasteiger partial charge < -0.3 is 15.2 Å². The second-order valence-corrected chi connectivity index (χ2v) is 4.30. The molecule has 0 saturated carbocycles. The molecule has 5 heteroatoms. The maximum atomic E-state index is 12.9. The van der Waals surface area contributed by atoms with Gasteiger partial charge in [0.25, 0.3) is 5.91 Å². The summed E-state index contributed by atoms with van der Waals surface area (Å²) >= 11 is 0. The van der Waals surface area contributed by atoms with E-state index in [0.717, 1.165) is 17.7 Å². The molecule has 0 unspecified atom stereocenters. The Bertz CT molecular complexity index is 656. The zero-order valence-corrected chi connectivity index (χ0v) is 11.1. The topological polar surface area (TPSA) is 58.6 Å². The van der Waals surface area contributed by atoms with Crippen molar-refractivity contribution in [1.82, 2.24) is 0 Å². The van der Waals surface area contributed by atoms with Crippen molar-refractivity contribution in [2.75, 3.05) is 12.4 Å². The highest BCUT2D eigenvalue weighted by molar-refractivity contribution is 6.06. The summed E-state index contributed by atoms with van der Waals surface area (Å²) in [6.07, 6.45) is 0. The van der Waals surface area contributed by atoms with Crippen LogP contribution in [0.2, 0.25) is 0 Å². The van der Waals surface area contributed by atoms with Gasteiger partial charge in [-0.25, -0.2) is 4.39 Å². The van der Waals surface area contributed by atoms with Crippen LogP contribution < -0.4 is 10.1 Å². The summed E-state index contributed by atoms with van der Waals surface area (Å²) < 4.78 is 18.0. The Kier molecular flexibility index (Phi) is 3.89. The lowest BCUT2D eigenvalue weighted by Crippen LogP contribution is -2.13. The van der Waals surface area contributed by atoms with Crippen LogP contribution in [0.1, 0.15) is 15.9 Å². The summed E-state index contributed by atoms with van der Waals surface area (Å²) in [6, 6.07) is 8.45. The van der Waals surface area contributed by atoms with Gasteiger partial charge in [-0.3, -0.25) is 4.79 Å². The van der Waals surface area contributed by atoms with Crippen molar-refractivity contribution in [2.45, 2.75) is 6.92 Å². The number of phenols is 1. The SMILES string of the molecule is COc1ccc(NC(=O)c2ccc(F)cc2O)c(C)c1. The van der Waals surface area contributed by atoms with Gasteiger partial charge in [0.05, 0.1) is 12.7 Å². The van der Waals surface area contributed by atoms with Crippen molar-refractivity contribution in [3.05, 3.63) is 53.3 Å². The smallest absolute Gasteiger partial charge is 0.259 e. The molecule has 104 valence electrons. The van der Waals surface area contributed by atoms with Gasteiger partial charge in [-0.15, -0.1) is 0 Å². The number of aryl methyl sites for hydroxylation is 1. The first-order valence-electron chi connectivity index (χ1n) is 5.96. The Balaban J connectivity index is 2.23. The summed E-state index contributed by atoms with van der Waals surface area (Å²) in [4.78, 5) is 12.0. The molecule has 0 heterocycles. The summed E-state index contributed by atoms with van der Waals surface area (Å²) in [6.45, 7) is 1.82. The van der Waals surface area contributed by atoms with Gasteiger partial charge in [0, 0.05) is 11.8 Å². The standard InChI is InChI=1S/C15H14FNO3/c1-9-7-11(20-2)4-6-13(9)17-15(19)12-5-3-10(16)8-14(12)18/h3-8,18H,1-2H3,(H,17,19). The van der Waals surface area contributed by atoms with Crippen LogP contribution in [0, 0.1) is 12.7 Å². The first-order valence-corrected chi connectivity index (χ1v) is 5.96. The second kappa shape index (κ2) is 5.61. The van der Waals surface area contributed by atoms with Crippen molar-refractivity contribution in [3.8, 4) is 11.5 Å². The molecule has 2 rings (SSSR count). The molecule has 0 aliphatic heterocycles. The number of carbonyl (C=O) groups is 1. The number of hydrogen-bond acceptors (Lipinski definition) is 3. The fourth-order valence-electron chi connectivity index (χ4n) is 1.79. The van der Waals surface area contributed by atoms with Crippen molar-refractivity contribution in [3.63, 3.8) is 0 Å². The maximum absolute atomic E-state index is 12.9. The molecule has 0 aliphatic rings. The summed E-state index contributed by atoms with van der Waals surface area (Å²) in [5.74, 6) is -0.811. The number of rotatable bonds is 3. The van der Waals surface area contributed by atoms with Gasteiger partial charge in [-0.1, -0.05) is 0 Å². The van der Waals surface area contributed by atoms with E-state index in [1.807, 2.05) is 6.92 Å². The third-order valence-electron chi connectivity index (χ3n) is 2.89. The van der Waals surface area contributed by atoms with E-state index in [9.17, 15) is 14.3 Å². The number of methoxy groups -OCH3 is 1. The first-order chi connectivity index (χ1) is 9.51. The molecule has 1 amide bonds. The molecule has 2 aromatic rings. The lowest BCUT2D eigenvalue weighted by atomic mass is 10.1. The normalized spacial score (nSPS) is 10.2. The summed E-state index contributed by atoms with van der Waals surface area (Å²) in [7, 11) is 1.56. The van der Waals surface area contributed by atoms with Gasteiger partial charge >= 0.3 is 0 Å². The Labute approximate surface area is 115 Å². The lowest BCUT2D eigenvalue weighted by Gasteiger charge is -2.10. The number of nitrogens with one attached hydrogen (secondary N) is 1. The summed E-state index contributed by atoms with van der Waals surface area (Å²) in [5.41, 5.74) is 1.43. The molecule has 2 N–H and O–H groups in total. The van der Waals surface area contributed by atoms with E-state index in [1.165, 1.54) is 6.07 Å². The number of ether oxygens (including phenoxy) is 1. The Morgan fingerprint density at radius 1 is 1.25 bits per heavy atom. The van der Waals surface area contributed by atoms with Crippen molar-refractivity contribution >= 4 is 11.6 Å². The van der Waals surface area contributed by atoms with E-state index < -0.39 is 17.5 Å². The molecule has 0 atom stereocenters. The fourth-order valence-corrected chi connectivity index (χ4v) is 1.79. The predicted molar refractivity (Wildman–Crippen MR) is 73.7 cm³/mol. The molecular formula is C15H14FNO3. The molecule has 2 aromatic carbocycles. The predicted octanol–water partition coefficient (Wildman–Crippen LogP) is 3.10. The largest absolute Gasteiger partial charge is 0.507 e. The van der Waals surface area contributed by atoms with Crippen molar-refractivity contribution in [1.29, 1.82) is 0 Å². The minimum atomic E-state index is -0.598. The fraction of sp³-hybridized carbons (Fsp3) is 0.133. The van der Waals surface area contributed by atoms with Gasteiger partial charge in [-0.2, -0.15) is 0 Å². The van der Waals surface area contributed by atoms with E-state index >= 15 is 0 Å². The number of carbonyl (C=O) groups excluding carboxylic acids is 1. The minimum absolute atomic E-state index is 0.0154. The number of amides is 1. The number of anilines is 1. The number of aromatic hydroxyl groups is 1. The Hall–Kier alpha value is -2.56. The quantitative estimate of drug-likeness (QED) is 0.905. The molecule has 0 aromatic heterocycles. The van der Waals surface area contributed by atoms with E-state index in [1.54, 1.807) is 25.3 Å². The van der Waals surface area contributed by atoms with Crippen molar-refractivity contribution in [2.24, 2.45) is 0 Å². The number of benzene rings is 2. The van der Waals surface area contributed by atoms with Gasteiger partial charge in [0.2, 0.25) is 0 Å². The van der Waals surface area contributed by atoms with Crippen LogP contribution in [-0.4, -0.2) is 18.1 Å². The molecule has 20 heavy (non-hydrogen) atoms. The van der Waals surface area contributed by atoms with E-state index in [0.29, 0.717) is 11.4 Å². The van der Waals surface area contributed by atoms with Gasteiger partial charge in [0.15, 0.2) is 0 Å². The van der Waals surface area contributed by atoms with Crippen molar-refractivity contribution < 1.29 is 19.0 Å². The summed E-state index contributed by atoms with van der Waals surface area (Å²) in [5, 5.41) is 12.2.